The van der Waals surface area contributed by atoms with E-state index in [9.17, 15) is 18.3 Å². The largest absolute Gasteiger partial charge is 0.411 e. The van der Waals surface area contributed by atoms with Crippen LogP contribution in [0.2, 0.25) is 0 Å². The van der Waals surface area contributed by atoms with Crippen molar-refractivity contribution in [3.8, 4) is 0 Å². The molecule has 1 saturated heterocycles. The average Bonchev–Trinajstić information content (AvgIpc) is 2.58. The van der Waals surface area contributed by atoms with E-state index in [0.29, 0.717) is 13.0 Å². The van der Waals surface area contributed by atoms with Crippen molar-refractivity contribution in [1.29, 1.82) is 0 Å². The molecule has 3 nitrogen and oxygen atoms in total. The van der Waals surface area contributed by atoms with Gasteiger partial charge in [0, 0.05) is 12.6 Å². The van der Waals surface area contributed by atoms with Gasteiger partial charge in [-0.05, 0) is 32.7 Å². The van der Waals surface area contributed by atoms with Gasteiger partial charge in [0.15, 0.2) is 0 Å². The average molecular weight is 255 g/mol. The molecule has 0 amide bonds. The molecule has 0 bridgehead atoms. The highest BCUT2D eigenvalue weighted by Crippen LogP contribution is 2.21. The summed E-state index contributed by atoms with van der Waals surface area (Å²) in [5, 5.41) is 9.30. The number of rotatable bonds is 6. The van der Waals surface area contributed by atoms with E-state index >= 15 is 0 Å². The van der Waals surface area contributed by atoms with Gasteiger partial charge in [0.05, 0.1) is 12.7 Å². The van der Waals surface area contributed by atoms with Crippen LogP contribution in [0.1, 0.15) is 26.2 Å². The Morgan fingerprint density at radius 3 is 2.76 bits per heavy atom. The van der Waals surface area contributed by atoms with Gasteiger partial charge < -0.3 is 9.84 Å². The number of ether oxygens (including phenoxy) is 1. The SMILES string of the molecule is CC(O)CC1CCCN1CCOCC(F)(F)F. The molecule has 17 heavy (non-hydrogen) atoms. The zero-order chi connectivity index (χ0) is 12.9. The second-order valence-corrected chi connectivity index (χ2v) is 4.58. The van der Waals surface area contributed by atoms with Gasteiger partial charge >= 0.3 is 6.18 Å². The third-order valence-electron chi connectivity index (χ3n) is 2.90. The van der Waals surface area contributed by atoms with Crippen molar-refractivity contribution in [3.05, 3.63) is 0 Å². The summed E-state index contributed by atoms with van der Waals surface area (Å²) in [7, 11) is 0. The summed E-state index contributed by atoms with van der Waals surface area (Å²) >= 11 is 0. The van der Waals surface area contributed by atoms with Crippen LogP contribution in [0.4, 0.5) is 13.2 Å². The van der Waals surface area contributed by atoms with Gasteiger partial charge in [0.2, 0.25) is 0 Å². The lowest BCUT2D eigenvalue weighted by Crippen LogP contribution is -2.35. The van der Waals surface area contributed by atoms with Crippen molar-refractivity contribution < 1.29 is 23.0 Å². The van der Waals surface area contributed by atoms with E-state index in [1.54, 1.807) is 6.92 Å². The summed E-state index contributed by atoms with van der Waals surface area (Å²) in [6.07, 6.45) is -1.89. The van der Waals surface area contributed by atoms with Gasteiger partial charge in [-0.15, -0.1) is 0 Å². The lowest BCUT2D eigenvalue weighted by atomic mass is 10.1. The van der Waals surface area contributed by atoms with Crippen LogP contribution in [-0.2, 0) is 4.74 Å². The molecular formula is C11H20F3NO2. The van der Waals surface area contributed by atoms with Crippen molar-refractivity contribution in [2.24, 2.45) is 0 Å². The van der Waals surface area contributed by atoms with Crippen molar-refractivity contribution in [2.75, 3.05) is 26.3 Å². The normalized spacial score (nSPS) is 24.2. The first kappa shape index (κ1) is 14.7. The van der Waals surface area contributed by atoms with Crippen molar-refractivity contribution in [2.45, 2.75) is 44.5 Å². The minimum atomic E-state index is -4.25. The van der Waals surface area contributed by atoms with Crippen molar-refractivity contribution >= 4 is 0 Å². The molecule has 0 aromatic rings. The molecule has 0 radical (unpaired) electrons. The number of halogens is 3. The molecule has 2 unspecified atom stereocenters. The van der Waals surface area contributed by atoms with Crippen LogP contribution in [0.3, 0.4) is 0 Å². The van der Waals surface area contributed by atoms with Gasteiger partial charge in [-0.2, -0.15) is 13.2 Å². The molecule has 1 aliphatic rings. The second-order valence-electron chi connectivity index (χ2n) is 4.58. The van der Waals surface area contributed by atoms with E-state index < -0.39 is 12.8 Å². The standard InChI is InChI=1S/C11H20F3NO2/c1-9(16)7-10-3-2-4-15(10)5-6-17-8-11(12,13)14/h9-10,16H,2-8H2,1H3. The Labute approximate surface area is 99.5 Å². The lowest BCUT2D eigenvalue weighted by Gasteiger charge is -2.25. The summed E-state index contributed by atoms with van der Waals surface area (Å²) in [5.41, 5.74) is 0. The smallest absolute Gasteiger partial charge is 0.393 e. The van der Waals surface area contributed by atoms with E-state index in [-0.39, 0.29) is 18.8 Å². The number of nitrogens with zero attached hydrogens (tertiary/aromatic N) is 1. The van der Waals surface area contributed by atoms with Crippen LogP contribution < -0.4 is 0 Å². The fourth-order valence-electron chi connectivity index (χ4n) is 2.22. The highest BCUT2D eigenvalue weighted by molar-refractivity contribution is 4.80. The second kappa shape index (κ2) is 6.56. The number of likely N-dealkylation sites (tertiary alicyclic amines) is 1. The minimum absolute atomic E-state index is 0.0931. The molecule has 0 aromatic heterocycles. The van der Waals surface area contributed by atoms with E-state index in [4.69, 9.17) is 0 Å². The number of hydrogen-bond acceptors (Lipinski definition) is 3. The quantitative estimate of drug-likeness (QED) is 0.735. The summed E-state index contributed by atoms with van der Waals surface area (Å²) in [5.74, 6) is 0. The molecule has 0 spiro atoms. The maximum absolute atomic E-state index is 11.8. The van der Waals surface area contributed by atoms with Crippen LogP contribution >= 0.6 is 0 Å². The first-order valence-corrected chi connectivity index (χ1v) is 5.95. The molecule has 6 heteroatoms. The van der Waals surface area contributed by atoms with E-state index in [1.165, 1.54) is 0 Å². The molecule has 0 aromatic carbocycles. The zero-order valence-electron chi connectivity index (χ0n) is 10.0. The van der Waals surface area contributed by atoms with E-state index in [1.807, 2.05) is 0 Å². The number of aliphatic hydroxyl groups excluding tert-OH is 1. The van der Waals surface area contributed by atoms with Gasteiger partial charge in [-0.1, -0.05) is 0 Å². The predicted octanol–water partition coefficient (Wildman–Crippen LogP) is 1.80. The van der Waals surface area contributed by atoms with Crippen molar-refractivity contribution in [3.63, 3.8) is 0 Å². The van der Waals surface area contributed by atoms with Gasteiger partial charge in [0.1, 0.15) is 6.61 Å². The summed E-state index contributed by atoms with van der Waals surface area (Å²) < 4.78 is 40.1. The molecule has 102 valence electrons. The zero-order valence-corrected chi connectivity index (χ0v) is 10.0. The molecule has 1 aliphatic heterocycles. The third-order valence-corrected chi connectivity index (χ3v) is 2.90. The minimum Gasteiger partial charge on any atom is -0.393 e. The summed E-state index contributed by atoms with van der Waals surface area (Å²) in [4.78, 5) is 2.10. The van der Waals surface area contributed by atoms with E-state index in [2.05, 4.69) is 9.64 Å². The number of aliphatic hydroxyl groups is 1. The number of alkyl halides is 3. The van der Waals surface area contributed by atoms with Gasteiger partial charge in [-0.3, -0.25) is 4.90 Å². The Morgan fingerprint density at radius 1 is 1.47 bits per heavy atom. The van der Waals surface area contributed by atoms with Crippen LogP contribution in [0, 0.1) is 0 Å². The lowest BCUT2D eigenvalue weighted by molar-refractivity contribution is -0.174. The first-order chi connectivity index (χ1) is 7.88. The Balaban J connectivity index is 2.17. The van der Waals surface area contributed by atoms with Crippen LogP contribution in [0.15, 0.2) is 0 Å². The fourth-order valence-corrected chi connectivity index (χ4v) is 2.22. The molecule has 1 N–H and O–H groups in total. The maximum Gasteiger partial charge on any atom is 0.411 e. The first-order valence-electron chi connectivity index (χ1n) is 5.95. The molecule has 0 aliphatic carbocycles. The monoisotopic (exact) mass is 255 g/mol. The molecule has 2 atom stereocenters. The third kappa shape index (κ3) is 6.24. The molecule has 1 heterocycles. The van der Waals surface area contributed by atoms with Gasteiger partial charge in [-0.25, -0.2) is 0 Å². The number of hydrogen-bond donors (Lipinski definition) is 1. The van der Waals surface area contributed by atoms with Crippen LogP contribution in [0.5, 0.6) is 0 Å². The molecular weight excluding hydrogens is 235 g/mol. The van der Waals surface area contributed by atoms with Crippen LogP contribution in [-0.4, -0.2) is 54.6 Å². The maximum atomic E-state index is 11.8. The fraction of sp³-hybridized carbons (Fsp3) is 1.00. The van der Waals surface area contributed by atoms with E-state index in [0.717, 1.165) is 19.4 Å². The Hall–Kier alpha value is -0.330. The van der Waals surface area contributed by atoms with Crippen molar-refractivity contribution in [1.82, 2.24) is 4.90 Å². The molecule has 1 fully saturated rings. The molecule has 0 saturated carbocycles. The topological polar surface area (TPSA) is 32.7 Å². The Bertz CT molecular complexity index is 221. The summed E-state index contributed by atoms with van der Waals surface area (Å²) in [6, 6.07) is 0.282. The van der Waals surface area contributed by atoms with Crippen LogP contribution in [0.25, 0.3) is 0 Å². The van der Waals surface area contributed by atoms with Gasteiger partial charge in [0.25, 0.3) is 0 Å². The highest BCUT2D eigenvalue weighted by Gasteiger charge is 2.28. The molecule has 1 rings (SSSR count). The predicted molar refractivity (Wildman–Crippen MR) is 57.8 cm³/mol. The Morgan fingerprint density at radius 2 is 2.18 bits per heavy atom. The Kier molecular flexibility index (Phi) is 5.69. The summed E-state index contributed by atoms with van der Waals surface area (Å²) in [6.45, 7) is 2.04. The highest BCUT2D eigenvalue weighted by atomic mass is 19.4.